The average molecular weight is 299 g/mol. The highest BCUT2D eigenvalue weighted by molar-refractivity contribution is 6.42. The number of halogens is 3. The third-order valence-corrected chi connectivity index (χ3v) is 3.56. The van der Waals surface area contributed by atoms with E-state index in [2.05, 4.69) is 0 Å². The molecular weight excluding hydrogens is 290 g/mol. The fourth-order valence-electron chi connectivity index (χ4n) is 1.77. The van der Waals surface area contributed by atoms with E-state index in [9.17, 15) is 9.18 Å². The summed E-state index contributed by atoms with van der Waals surface area (Å²) in [7, 11) is 0. The van der Waals surface area contributed by atoms with Crippen molar-refractivity contribution in [1.82, 2.24) is 0 Å². The summed E-state index contributed by atoms with van der Waals surface area (Å²) >= 11 is 11.7. The maximum Gasteiger partial charge on any atom is 0.335 e. The van der Waals surface area contributed by atoms with Crippen molar-refractivity contribution in [1.29, 1.82) is 0 Å². The Morgan fingerprint density at radius 2 is 1.84 bits per heavy atom. The third-order valence-electron chi connectivity index (χ3n) is 2.82. The van der Waals surface area contributed by atoms with Crippen molar-refractivity contribution in [2.45, 2.75) is 6.92 Å². The summed E-state index contributed by atoms with van der Waals surface area (Å²) < 4.78 is 13.7. The van der Waals surface area contributed by atoms with Crippen molar-refractivity contribution < 1.29 is 14.3 Å². The van der Waals surface area contributed by atoms with E-state index in [4.69, 9.17) is 28.3 Å². The molecule has 0 aliphatic heterocycles. The molecule has 0 spiro atoms. The van der Waals surface area contributed by atoms with Gasteiger partial charge in [0.1, 0.15) is 5.82 Å². The van der Waals surface area contributed by atoms with E-state index in [1.165, 1.54) is 6.07 Å². The quantitative estimate of drug-likeness (QED) is 0.864. The Bertz CT molecular complexity index is 669. The Morgan fingerprint density at radius 1 is 1.16 bits per heavy atom. The molecule has 19 heavy (non-hydrogen) atoms. The van der Waals surface area contributed by atoms with Gasteiger partial charge in [0.25, 0.3) is 0 Å². The van der Waals surface area contributed by atoms with E-state index >= 15 is 0 Å². The number of benzene rings is 2. The molecule has 0 atom stereocenters. The van der Waals surface area contributed by atoms with Crippen LogP contribution in [0.2, 0.25) is 10.0 Å². The van der Waals surface area contributed by atoms with Crippen molar-refractivity contribution in [3.8, 4) is 11.1 Å². The molecule has 98 valence electrons. The normalized spacial score (nSPS) is 10.5. The number of rotatable bonds is 2. The minimum atomic E-state index is -1.18. The van der Waals surface area contributed by atoms with E-state index in [1.54, 1.807) is 25.1 Å². The minimum Gasteiger partial charge on any atom is -0.478 e. The first-order chi connectivity index (χ1) is 8.90. The molecule has 0 fully saturated rings. The standard InChI is InChI=1S/C14H9Cl2FO2/c1-7-10(4-9(14(18)19)6-13(7)17)8-2-3-11(15)12(16)5-8/h2-6H,1H3,(H,18,19). The number of hydrogen-bond acceptors (Lipinski definition) is 1. The lowest BCUT2D eigenvalue weighted by Gasteiger charge is -2.10. The lowest BCUT2D eigenvalue weighted by molar-refractivity contribution is 0.0696. The Balaban J connectivity index is 2.66. The molecule has 0 amide bonds. The second-order valence-corrected chi connectivity index (χ2v) is 4.88. The largest absolute Gasteiger partial charge is 0.478 e. The van der Waals surface area contributed by atoms with Gasteiger partial charge in [-0.2, -0.15) is 0 Å². The van der Waals surface area contributed by atoms with Crippen LogP contribution < -0.4 is 0 Å². The fraction of sp³-hybridized carbons (Fsp3) is 0.0714. The second-order valence-electron chi connectivity index (χ2n) is 4.06. The summed E-state index contributed by atoms with van der Waals surface area (Å²) in [5.74, 6) is -1.75. The van der Waals surface area contributed by atoms with E-state index < -0.39 is 11.8 Å². The molecular formula is C14H9Cl2FO2. The molecule has 1 N–H and O–H groups in total. The Hall–Kier alpha value is -1.58. The van der Waals surface area contributed by atoms with Gasteiger partial charge in [-0.15, -0.1) is 0 Å². The first-order valence-electron chi connectivity index (χ1n) is 5.39. The van der Waals surface area contributed by atoms with Crippen molar-refractivity contribution in [2.24, 2.45) is 0 Å². The van der Waals surface area contributed by atoms with Crippen molar-refractivity contribution in [2.75, 3.05) is 0 Å². The first-order valence-corrected chi connectivity index (χ1v) is 6.14. The van der Waals surface area contributed by atoms with E-state index in [0.717, 1.165) is 6.07 Å². The average Bonchev–Trinajstić information content (AvgIpc) is 2.35. The van der Waals surface area contributed by atoms with Crippen molar-refractivity contribution in [3.63, 3.8) is 0 Å². The van der Waals surface area contributed by atoms with Crippen LogP contribution in [0.15, 0.2) is 30.3 Å². The van der Waals surface area contributed by atoms with Gasteiger partial charge in [-0.1, -0.05) is 29.3 Å². The van der Waals surface area contributed by atoms with Gasteiger partial charge < -0.3 is 5.11 Å². The summed E-state index contributed by atoms with van der Waals surface area (Å²) in [6.07, 6.45) is 0. The Labute approximate surface area is 119 Å². The molecule has 2 nitrogen and oxygen atoms in total. The highest BCUT2D eigenvalue weighted by Gasteiger charge is 2.13. The summed E-state index contributed by atoms with van der Waals surface area (Å²) in [6.45, 7) is 1.58. The number of carbonyl (C=O) groups is 1. The molecule has 0 aliphatic rings. The van der Waals surface area contributed by atoms with Gasteiger partial charge in [0.15, 0.2) is 0 Å². The lowest BCUT2D eigenvalue weighted by atomic mass is 9.97. The number of carboxylic acids is 1. The van der Waals surface area contributed by atoms with E-state index in [-0.39, 0.29) is 5.56 Å². The van der Waals surface area contributed by atoms with Crippen LogP contribution in [0.3, 0.4) is 0 Å². The SMILES string of the molecule is Cc1c(F)cc(C(=O)O)cc1-c1ccc(Cl)c(Cl)c1. The van der Waals surface area contributed by atoms with Crippen LogP contribution in [0.4, 0.5) is 4.39 Å². The van der Waals surface area contributed by atoms with Gasteiger partial charge in [-0.05, 0) is 47.9 Å². The summed E-state index contributed by atoms with van der Waals surface area (Å²) in [4.78, 5) is 11.0. The van der Waals surface area contributed by atoms with Crippen LogP contribution in [0.25, 0.3) is 11.1 Å². The highest BCUT2D eigenvalue weighted by atomic mass is 35.5. The van der Waals surface area contributed by atoms with Crippen LogP contribution in [-0.2, 0) is 0 Å². The van der Waals surface area contributed by atoms with Gasteiger partial charge >= 0.3 is 5.97 Å². The van der Waals surface area contributed by atoms with Crippen LogP contribution in [0, 0.1) is 12.7 Å². The summed E-state index contributed by atoms with van der Waals surface area (Å²) in [5.41, 5.74) is 1.36. The minimum absolute atomic E-state index is 0.107. The predicted molar refractivity (Wildman–Crippen MR) is 73.6 cm³/mol. The number of hydrogen-bond donors (Lipinski definition) is 1. The third kappa shape index (κ3) is 2.72. The zero-order valence-corrected chi connectivity index (χ0v) is 11.4. The lowest BCUT2D eigenvalue weighted by Crippen LogP contribution is -2.00. The van der Waals surface area contributed by atoms with Gasteiger partial charge in [-0.3, -0.25) is 0 Å². The van der Waals surface area contributed by atoms with Crippen LogP contribution in [0.5, 0.6) is 0 Å². The zero-order valence-electron chi connectivity index (χ0n) is 9.88. The Kier molecular flexibility index (Phi) is 3.78. The zero-order chi connectivity index (χ0) is 14.2. The highest BCUT2D eigenvalue weighted by Crippen LogP contribution is 2.31. The first kappa shape index (κ1) is 13.8. The monoisotopic (exact) mass is 298 g/mol. The van der Waals surface area contributed by atoms with E-state index in [1.807, 2.05) is 0 Å². The molecule has 2 rings (SSSR count). The second kappa shape index (κ2) is 5.19. The molecule has 5 heteroatoms. The summed E-state index contributed by atoms with van der Waals surface area (Å²) in [5, 5.41) is 9.68. The molecule has 0 heterocycles. The molecule has 0 aromatic heterocycles. The molecule has 0 saturated carbocycles. The molecule has 0 aliphatic carbocycles. The molecule has 0 bridgehead atoms. The van der Waals surface area contributed by atoms with Gasteiger partial charge in [0.2, 0.25) is 0 Å². The van der Waals surface area contributed by atoms with Crippen LogP contribution >= 0.6 is 23.2 Å². The Morgan fingerprint density at radius 3 is 2.42 bits per heavy atom. The van der Waals surface area contributed by atoms with Crippen molar-refractivity contribution in [3.05, 3.63) is 57.3 Å². The van der Waals surface area contributed by atoms with Crippen LogP contribution in [-0.4, -0.2) is 11.1 Å². The molecule has 0 unspecified atom stereocenters. The smallest absolute Gasteiger partial charge is 0.335 e. The topological polar surface area (TPSA) is 37.3 Å². The summed E-state index contributed by atoms with van der Waals surface area (Å²) in [6, 6.07) is 7.25. The maximum atomic E-state index is 13.7. The predicted octanol–water partition coefficient (Wildman–Crippen LogP) is 4.81. The van der Waals surface area contributed by atoms with Crippen molar-refractivity contribution >= 4 is 29.2 Å². The number of aromatic carboxylic acids is 1. The number of carboxylic acid groups (broad SMARTS) is 1. The molecule has 0 saturated heterocycles. The fourth-order valence-corrected chi connectivity index (χ4v) is 2.06. The van der Waals surface area contributed by atoms with Gasteiger partial charge in [0, 0.05) is 0 Å². The molecule has 2 aromatic carbocycles. The van der Waals surface area contributed by atoms with E-state index in [0.29, 0.717) is 26.7 Å². The van der Waals surface area contributed by atoms with Crippen LogP contribution in [0.1, 0.15) is 15.9 Å². The van der Waals surface area contributed by atoms with Gasteiger partial charge in [0.05, 0.1) is 15.6 Å². The molecule has 2 aromatic rings. The molecule has 0 radical (unpaired) electrons. The van der Waals surface area contributed by atoms with Gasteiger partial charge in [-0.25, -0.2) is 9.18 Å². The maximum absolute atomic E-state index is 13.7.